The number of nitrogens with zero attached hydrogens (tertiary/aromatic N) is 2. The SMILES string of the molecule is CN1CCC(N(C)C(=O)CCCO)CC1. The van der Waals surface area contributed by atoms with Gasteiger partial charge in [0.1, 0.15) is 0 Å². The average molecular weight is 214 g/mol. The van der Waals surface area contributed by atoms with E-state index in [0.717, 1.165) is 25.9 Å². The molecule has 0 aromatic carbocycles. The number of hydrogen-bond donors (Lipinski definition) is 1. The second kappa shape index (κ2) is 6.08. The minimum atomic E-state index is 0.104. The number of rotatable bonds is 4. The minimum absolute atomic E-state index is 0.104. The lowest BCUT2D eigenvalue weighted by atomic mass is 10.0. The summed E-state index contributed by atoms with van der Waals surface area (Å²) >= 11 is 0. The lowest BCUT2D eigenvalue weighted by Crippen LogP contribution is -2.44. The molecule has 1 heterocycles. The van der Waals surface area contributed by atoms with Crippen LogP contribution in [0.2, 0.25) is 0 Å². The molecule has 15 heavy (non-hydrogen) atoms. The van der Waals surface area contributed by atoms with E-state index in [0.29, 0.717) is 18.9 Å². The molecule has 1 aliphatic heterocycles. The molecule has 1 N–H and O–H groups in total. The van der Waals surface area contributed by atoms with Crippen molar-refractivity contribution in [3.8, 4) is 0 Å². The number of likely N-dealkylation sites (tertiary alicyclic amines) is 1. The van der Waals surface area contributed by atoms with Gasteiger partial charge in [0.25, 0.3) is 0 Å². The fourth-order valence-corrected chi connectivity index (χ4v) is 1.99. The van der Waals surface area contributed by atoms with Gasteiger partial charge in [0, 0.05) is 26.1 Å². The molecule has 0 aliphatic carbocycles. The number of aliphatic hydroxyl groups is 1. The van der Waals surface area contributed by atoms with E-state index in [-0.39, 0.29) is 12.5 Å². The fourth-order valence-electron chi connectivity index (χ4n) is 1.99. The van der Waals surface area contributed by atoms with E-state index in [1.54, 1.807) is 0 Å². The Morgan fingerprint density at radius 3 is 2.60 bits per heavy atom. The van der Waals surface area contributed by atoms with Crippen molar-refractivity contribution in [1.82, 2.24) is 9.80 Å². The summed E-state index contributed by atoms with van der Waals surface area (Å²) < 4.78 is 0. The summed E-state index contributed by atoms with van der Waals surface area (Å²) in [5.41, 5.74) is 0. The monoisotopic (exact) mass is 214 g/mol. The van der Waals surface area contributed by atoms with Crippen LogP contribution < -0.4 is 0 Å². The van der Waals surface area contributed by atoms with Gasteiger partial charge in [-0.1, -0.05) is 0 Å². The van der Waals surface area contributed by atoms with Gasteiger partial charge in [0.05, 0.1) is 0 Å². The molecule has 0 bridgehead atoms. The van der Waals surface area contributed by atoms with Crippen molar-refractivity contribution in [2.75, 3.05) is 33.8 Å². The second-order valence-corrected chi connectivity index (χ2v) is 4.37. The summed E-state index contributed by atoms with van der Waals surface area (Å²) in [4.78, 5) is 15.8. The molecule has 4 nitrogen and oxygen atoms in total. The summed E-state index contributed by atoms with van der Waals surface area (Å²) in [6.45, 7) is 2.25. The molecule has 0 saturated carbocycles. The lowest BCUT2D eigenvalue weighted by molar-refractivity contribution is -0.133. The Morgan fingerprint density at radius 2 is 2.07 bits per heavy atom. The van der Waals surface area contributed by atoms with Gasteiger partial charge < -0.3 is 14.9 Å². The molecule has 0 spiro atoms. The largest absolute Gasteiger partial charge is 0.396 e. The van der Waals surface area contributed by atoms with Crippen molar-refractivity contribution in [3.63, 3.8) is 0 Å². The van der Waals surface area contributed by atoms with Crippen molar-refractivity contribution < 1.29 is 9.90 Å². The van der Waals surface area contributed by atoms with E-state index in [9.17, 15) is 4.79 Å². The van der Waals surface area contributed by atoms with Crippen LogP contribution in [0.5, 0.6) is 0 Å². The van der Waals surface area contributed by atoms with Crippen molar-refractivity contribution in [1.29, 1.82) is 0 Å². The first-order valence-corrected chi connectivity index (χ1v) is 5.70. The van der Waals surface area contributed by atoms with E-state index in [1.807, 2.05) is 11.9 Å². The Kier molecular flexibility index (Phi) is 5.05. The van der Waals surface area contributed by atoms with Crippen LogP contribution in [0.4, 0.5) is 0 Å². The standard InChI is InChI=1S/C11H22N2O2/c1-12-7-5-10(6-8-12)13(2)11(15)4-3-9-14/h10,14H,3-9H2,1-2H3. The fraction of sp³-hybridized carbons (Fsp3) is 0.909. The van der Waals surface area contributed by atoms with Gasteiger partial charge in [-0.05, 0) is 39.4 Å². The van der Waals surface area contributed by atoms with Crippen LogP contribution in [0.15, 0.2) is 0 Å². The van der Waals surface area contributed by atoms with Crippen molar-refractivity contribution in [3.05, 3.63) is 0 Å². The van der Waals surface area contributed by atoms with E-state index >= 15 is 0 Å². The van der Waals surface area contributed by atoms with E-state index in [4.69, 9.17) is 5.11 Å². The van der Waals surface area contributed by atoms with Gasteiger partial charge in [-0.3, -0.25) is 4.79 Å². The molecular weight excluding hydrogens is 192 g/mol. The van der Waals surface area contributed by atoms with E-state index in [1.165, 1.54) is 0 Å². The number of carbonyl (C=O) groups excluding carboxylic acids is 1. The molecule has 1 amide bonds. The molecule has 88 valence electrons. The quantitative estimate of drug-likeness (QED) is 0.732. The van der Waals surface area contributed by atoms with Gasteiger partial charge in [-0.2, -0.15) is 0 Å². The molecule has 0 aromatic heterocycles. The maximum atomic E-state index is 11.7. The summed E-state index contributed by atoms with van der Waals surface area (Å²) in [7, 11) is 4.00. The molecule has 1 fully saturated rings. The van der Waals surface area contributed by atoms with Crippen LogP contribution in [-0.2, 0) is 4.79 Å². The molecule has 1 saturated heterocycles. The second-order valence-electron chi connectivity index (χ2n) is 4.37. The highest BCUT2D eigenvalue weighted by molar-refractivity contribution is 5.76. The molecular formula is C11H22N2O2. The van der Waals surface area contributed by atoms with E-state index < -0.39 is 0 Å². The van der Waals surface area contributed by atoms with Crippen LogP contribution in [-0.4, -0.2) is 60.6 Å². The van der Waals surface area contributed by atoms with Crippen molar-refractivity contribution in [2.45, 2.75) is 31.7 Å². The normalized spacial score (nSPS) is 19.1. The smallest absolute Gasteiger partial charge is 0.222 e. The number of hydrogen-bond acceptors (Lipinski definition) is 3. The van der Waals surface area contributed by atoms with Gasteiger partial charge >= 0.3 is 0 Å². The third kappa shape index (κ3) is 3.80. The highest BCUT2D eigenvalue weighted by Gasteiger charge is 2.23. The van der Waals surface area contributed by atoms with Crippen LogP contribution in [0.25, 0.3) is 0 Å². The average Bonchev–Trinajstić information content (AvgIpc) is 2.26. The molecule has 0 atom stereocenters. The lowest BCUT2D eigenvalue weighted by Gasteiger charge is -2.35. The molecule has 0 unspecified atom stereocenters. The first kappa shape index (κ1) is 12.5. The predicted octanol–water partition coefficient (Wildman–Crippen LogP) is 0.311. The summed E-state index contributed by atoms with van der Waals surface area (Å²) in [6, 6.07) is 0.396. The molecule has 0 aromatic rings. The zero-order chi connectivity index (χ0) is 11.3. The Bertz CT molecular complexity index is 201. The number of amides is 1. The maximum Gasteiger partial charge on any atom is 0.222 e. The van der Waals surface area contributed by atoms with Crippen LogP contribution in [0.3, 0.4) is 0 Å². The number of piperidine rings is 1. The van der Waals surface area contributed by atoms with Gasteiger partial charge in [-0.25, -0.2) is 0 Å². The predicted molar refractivity (Wildman–Crippen MR) is 59.6 cm³/mol. The number of aliphatic hydroxyl groups excluding tert-OH is 1. The Morgan fingerprint density at radius 1 is 1.47 bits per heavy atom. The van der Waals surface area contributed by atoms with Gasteiger partial charge in [-0.15, -0.1) is 0 Å². The molecule has 0 radical (unpaired) electrons. The minimum Gasteiger partial charge on any atom is -0.396 e. The van der Waals surface area contributed by atoms with Gasteiger partial charge in [0.15, 0.2) is 0 Å². The molecule has 1 rings (SSSR count). The first-order chi connectivity index (χ1) is 7.15. The highest BCUT2D eigenvalue weighted by atomic mass is 16.3. The topological polar surface area (TPSA) is 43.8 Å². The maximum absolute atomic E-state index is 11.7. The van der Waals surface area contributed by atoms with Crippen molar-refractivity contribution >= 4 is 5.91 Å². The van der Waals surface area contributed by atoms with Gasteiger partial charge in [0.2, 0.25) is 5.91 Å². The zero-order valence-corrected chi connectivity index (χ0v) is 9.78. The zero-order valence-electron chi connectivity index (χ0n) is 9.78. The van der Waals surface area contributed by atoms with Crippen LogP contribution >= 0.6 is 0 Å². The third-order valence-electron chi connectivity index (χ3n) is 3.18. The first-order valence-electron chi connectivity index (χ1n) is 5.70. The Hall–Kier alpha value is -0.610. The Balaban J connectivity index is 2.32. The highest BCUT2D eigenvalue weighted by Crippen LogP contribution is 2.15. The molecule has 4 heteroatoms. The van der Waals surface area contributed by atoms with Crippen LogP contribution in [0.1, 0.15) is 25.7 Å². The summed E-state index contributed by atoms with van der Waals surface area (Å²) in [6.07, 6.45) is 3.19. The molecule has 1 aliphatic rings. The summed E-state index contributed by atoms with van der Waals surface area (Å²) in [5.74, 6) is 0.165. The number of carbonyl (C=O) groups is 1. The Labute approximate surface area is 91.9 Å². The van der Waals surface area contributed by atoms with Crippen molar-refractivity contribution in [2.24, 2.45) is 0 Å². The van der Waals surface area contributed by atoms with Crippen LogP contribution in [0, 0.1) is 0 Å². The van der Waals surface area contributed by atoms with E-state index in [2.05, 4.69) is 11.9 Å². The summed E-state index contributed by atoms with van der Waals surface area (Å²) in [5, 5.41) is 8.66. The third-order valence-corrected chi connectivity index (χ3v) is 3.18.